The van der Waals surface area contributed by atoms with E-state index in [1.807, 2.05) is 17.0 Å². The highest BCUT2D eigenvalue weighted by Crippen LogP contribution is 2.44. The molecule has 1 aliphatic heterocycles. The lowest BCUT2D eigenvalue weighted by atomic mass is 10.1. The van der Waals surface area contributed by atoms with Gasteiger partial charge in [0.05, 0.1) is 19.3 Å². The van der Waals surface area contributed by atoms with Crippen molar-refractivity contribution < 1.29 is 9.47 Å². The molecule has 2 aromatic rings. The summed E-state index contributed by atoms with van der Waals surface area (Å²) >= 11 is 9.90. The van der Waals surface area contributed by atoms with Crippen molar-refractivity contribution in [3.05, 3.63) is 38.3 Å². The summed E-state index contributed by atoms with van der Waals surface area (Å²) in [6.07, 6.45) is 4.88. The van der Waals surface area contributed by atoms with Crippen molar-refractivity contribution in [2.24, 2.45) is 5.92 Å². The molecule has 2 heterocycles. The van der Waals surface area contributed by atoms with Gasteiger partial charge in [0.25, 0.3) is 5.56 Å². The topological polar surface area (TPSA) is 56.6 Å². The van der Waals surface area contributed by atoms with Crippen LogP contribution in [0.15, 0.2) is 27.6 Å². The highest BCUT2D eigenvalue weighted by molar-refractivity contribution is 9.10. The third kappa shape index (κ3) is 3.43. The van der Waals surface area contributed by atoms with Crippen LogP contribution in [0.2, 0.25) is 5.15 Å². The van der Waals surface area contributed by atoms with Crippen LogP contribution < -0.4 is 19.9 Å². The molecule has 1 atom stereocenters. The first-order chi connectivity index (χ1) is 13.0. The molecule has 1 unspecified atom stereocenters. The Morgan fingerprint density at radius 3 is 2.89 bits per heavy atom. The highest BCUT2D eigenvalue weighted by atomic mass is 79.9. The van der Waals surface area contributed by atoms with Crippen molar-refractivity contribution in [3.8, 4) is 11.5 Å². The molecule has 0 spiro atoms. The average molecular weight is 455 g/mol. The number of hydrogen-bond acceptors (Lipinski definition) is 5. The quantitative estimate of drug-likeness (QED) is 0.663. The van der Waals surface area contributed by atoms with Gasteiger partial charge in [-0.05, 0) is 47.2 Å². The molecule has 1 aromatic carbocycles. The van der Waals surface area contributed by atoms with Crippen LogP contribution in [0, 0.1) is 5.92 Å². The van der Waals surface area contributed by atoms with Gasteiger partial charge < -0.3 is 18.9 Å². The zero-order valence-electron chi connectivity index (χ0n) is 15.2. The Morgan fingerprint density at radius 1 is 1.44 bits per heavy atom. The van der Waals surface area contributed by atoms with E-state index in [9.17, 15) is 4.79 Å². The van der Waals surface area contributed by atoms with Crippen molar-refractivity contribution in [1.82, 2.24) is 9.55 Å². The lowest BCUT2D eigenvalue weighted by Crippen LogP contribution is -2.37. The van der Waals surface area contributed by atoms with E-state index in [0.29, 0.717) is 41.5 Å². The van der Waals surface area contributed by atoms with Crippen molar-refractivity contribution in [2.75, 3.05) is 25.2 Å². The lowest BCUT2D eigenvalue weighted by Gasteiger charge is -2.32. The molecule has 4 rings (SSSR count). The van der Waals surface area contributed by atoms with E-state index in [2.05, 4.69) is 27.8 Å². The van der Waals surface area contributed by atoms with Crippen molar-refractivity contribution in [2.45, 2.75) is 32.2 Å². The minimum absolute atomic E-state index is 0.117. The van der Waals surface area contributed by atoms with E-state index in [-0.39, 0.29) is 11.6 Å². The Labute approximate surface area is 171 Å². The maximum atomic E-state index is 13.3. The summed E-state index contributed by atoms with van der Waals surface area (Å²) in [5.41, 5.74) is 0.647. The monoisotopic (exact) mass is 453 g/mol. The summed E-state index contributed by atoms with van der Waals surface area (Å²) in [6.45, 7) is 3.07. The van der Waals surface area contributed by atoms with Gasteiger partial charge in [-0.25, -0.2) is 4.98 Å². The predicted octanol–water partition coefficient (Wildman–Crippen LogP) is 4.56. The van der Waals surface area contributed by atoms with Crippen LogP contribution in [0.5, 0.6) is 11.5 Å². The molecule has 0 N–H and O–H groups in total. The Kier molecular flexibility index (Phi) is 5.07. The van der Waals surface area contributed by atoms with Gasteiger partial charge >= 0.3 is 0 Å². The Morgan fingerprint density at radius 2 is 2.22 bits per heavy atom. The molecular formula is C19H21BrClN3O3. The fourth-order valence-electron chi connectivity index (χ4n) is 3.74. The number of benzene rings is 1. The van der Waals surface area contributed by atoms with Crippen molar-refractivity contribution in [1.29, 1.82) is 0 Å². The molecule has 1 aromatic heterocycles. The number of anilines is 2. The second kappa shape index (κ2) is 7.36. The zero-order valence-corrected chi connectivity index (χ0v) is 17.6. The maximum absolute atomic E-state index is 13.3. The first kappa shape index (κ1) is 18.6. The zero-order chi connectivity index (χ0) is 19.1. The molecule has 2 aliphatic rings. The van der Waals surface area contributed by atoms with E-state index < -0.39 is 0 Å². The van der Waals surface area contributed by atoms with Gasteiger partial charge in [0.1, 0.15) is 23.3 Å². The number of fused-ring (bicyclic) bond motifs is 1. The molecule has 27 heavy (non-hydrogen) atoms. The Hall–Kier alpha value is -1.73. The lowest BCUT2D eigenvalue weighted by molar-refractivity contribution is 0.310. The average Bonchev–Trinajstić information content (AvgIpc) is 3.49. The Balaban J connectivity index is 1.84. The minimum Gasteiger partial charge on any atom is -0.497 e. The van der Waals surface area contributed by atoms with Crippen LogP contribution in [-0.4, -0.2) is 29.8 Å². The van der Waals surface area contributed by atoms with Gasteiger partial charge in [0, 0.05) is 22.8 Å². The second-order valence-corrected chi connectivity index (χ2v) is 8.11. The number of methoxy groups -OCH3 is 1. The summed E-state index contributed by atoms with van der Waals surface area (Å²) in [5.74, 6) is 2.21. The number of hydrogen-bond donors (Lipinski definition) is 0. The van der Waals surface area contributed by atoms with Gasteiger partial charge in [-0.1, -0.05) is 18.5 Å². The van der Waals surface area contributed by atoms with Crippen molar-refractivity contribution >= 4 is 39.0 Å². The molecule has 1 fully saturated rings. The summed E-state index contributed by atoms with van der Waals surface area (Å²) in [6, 6.07) is 3.83. The third-order valence-electron chi connectivity index (χ3n) is 5.16. The van der Waals surface area contributed by atoms with Gasteiger partial charge in [0.2, 0.25) is 5.82 Å². The van der Waals surface area contributed by atoms with E-state index in [4.69, 9.17) is 21.1 Å². The smallest absolute Gasteiger partial charge is 0.294 e. The number of nitrogens with zero attached hydrogens (tertiary/aromatic N) is 3. The summed E-state index contributed by atoms with van der Waals surface area (Å²) in [5, 5.41) is 0.321. The van der Waals surface area contributed by atoms with E-state index in [1.165, 1.54) is 0 Å². The van der Waals surface area contributed by atoms with Crippen molar-refractivity contribution in [3.63, 3.8) is 0 Å². The fraction of sp³-hybridized carbons (Fsp3) is 0.474. The SMILES string of the molecule is CCC(C1CC1)n1cc(Cl)nc(N2CCOc3cc(OC)cc(Br)c32)c1=O. The largest absolute Gasteiger partial charge is 0.497 e. The predicted molar refractivity (Wildman–Crippen MR) is 109 cm³/mol. The summed E-state index contributed by atoms with van der Waals surface area (Å²) in [4.78, 5) is 19.6. The van der Waals surface area contributed by atoms with Crippen LogP contribution in [0.25, 0.3) is 0 Å². The van der Waals surface area contributed by atoms with E-state index in [1.54, 1.807) is 17.9 Å². The van der Waals surface area contributed by atoms with Crippen LogP contribution in [-0.2, 0) is 0 Å². The minimum atomic E-state index is -0.117. The van der Waals surface area contributed by atoms with Crippen LogP contribution in [0.4, 0.5) is 11.5 Å². The highest BCUT2D eigenvalue weighted by Gasteiger charge is 2.34. The molecule has 144 valence electrons. The van der Waals surface area contributed by atoms with Crippen LogP contribution >= 0.6 is 27.5 Å². The molecule has 1 saturated carbocycles. The normalized spacial score (nSPS) is 17.3. The summed E-state index contributed by atoms with van der Waals surface area (Å²) in [7, 11) is 1.61. The van der Waals surface area contributed by atoms with Gasteiger partial charge in [-0.3, -0.25) is 4.79 Å². The van der Waals surface area contributed by atoms with Crippen LogP contribution in [0.1, 0.15) is 32.2 Å². The molecule has 0 radical (unpaired) electrons. The molecule has 8 heteroatoms. The maximum Gasteiger partial charge on any atom is 0.294 e. The molecular weight excluding hydrogens is 434 g/mol. The number of aromatic nitrogens is 2. The second-order valence-electron chi connectivity index (χ2n) is 6.87. The van der Waals surface area contributed by atoms with Crippen LogP contribution in [0.3, 0.4) is 0 Å². The molecule has 6 nitrogen and oxygen atoms in total. The molecule has 0 bridgehead atoms. The number of rotatable bonds is 5. The van der Waals surface area contributed by atoms with E-state index >= 15 is 0 Å². The fourth-order valence-corrected chi connectivity index (χ4v) is 4.56. The number of halogens is 2. The van der Waals surface area contributed by atoms with Gasteiger partial charge in [-0.2, -0.15) is 0 Å². The molecule has 0 saturated heterocycles. The Bertz CT molecular complexity index is 929. The molecule has 0 amide bonds. The standard InChI is InChI=1S/C19H21BrClN3O3/c1-3-14(11-4-5-11)24-10-16(21)22-18(19(24)25)23-6-7-27-15-9-12(26-2)8-13(20)17(15)23/h8-11,14H,3-7H2,1-2H3. The number of ether oxygens (including phenoxy) is 2. The first-order valence-corrected chi connectivity index (χ1v) is 10.3. The first-order valence-electron chi connectivity index (χ1n) is 9.10. The van der Waals surface area contributed by atoms with Gasteiger partial charge in [-0.15, -0.1) is 0 Å². The molecule has 1 aliphatic carbocycles. The third-order valence-corrected chi connectivity index (χ3v) is 5.95. The van der Waals surface area contributed by atoms with Gasteiger partial charge in [0.15, 0.2) is 0 Å². The summed E-state index contributed by atoms with van der Waals surface area (Å²) < 4.78 is 13.7. The van der Waals surface area contributed by atoms with E-state index in [0.717, 1.165) is 29.4 Å².